The molecular formula is C25H30F6N4O6. The van der Waals surface area contributed by atoms with Crippen LogP contribution in [0.3, 0.4) is 0 Å². The number of alkyl halides is 6. The van der Waals surface area contributed by atoms with Gasteiger partial charge in [-0.25, -0.2) is 14.6 Å². The van der Waals surface area contributed by atoms with Gasteiger partial charge in [0.25, 0.3) is 0 Å². The lowest BCUT2D eigenvalue weighted by Crippen LogP contribution is -2.58. The van der Waals surface area contributed by atoms with Crippen LogP contribution in [-0.2, 0) is 31.2 Å². The lowest BCUT2D eigenvalue weighted by Gasteiger charge is -2.50. The van der Waals surface area contributed by atoms with Crippen LogP contribution in [0.15, 0.2) is 36.5 Å². The summed E-state index contributed by atoms with van der Waals surface area (Å²) in [6.45, 7) is 6.88. The molecule has 2 aliphatic rings. The van der Waals surface area contributed by atoms with Crippen molar-refractivity contribution in [1.29, 1.82) is 0 Å². The molecule has 1 aromatic heterocycles. The molecule has 1 saturated heterocycles. The molecule has 0 unspecified atom stereocenters. The van der Waals surface area contributed by atoms with Crippen molar-refractivity contribution in [3.8, 4) is 11.3 Å². The molecular weight excluding hydrogens is 566 g/mol. The maximum Gasteiger partial charge on any atom is 0.490 e. The minimum atomic E-state index is -5.08. The van der Waals surface area contributed by atoms with Gasteiger partial charge in [0.1, 0.15) is 12.4 Å². The number of fused-ring (bicyclic) bond motifs is 2. The van der Waals surface area contributed by atoms with Crippen molar-refractivity contribution in [3.05, 3.63) is 42.4 Å². The summed E-state index contributed by atoms with van der Waals surface area (Å²) in [7, 11) is 1.57. The van der Waals surface area contributed by atoms with E-state index < -0.39 is 24.3 Å². The second kappa shape index (κ2) is 13.8. The quantitative estimate of drug-likeness (QED) is 0.513. The molecule has 2 aliphatic heterocycles. The van der Waals surface area contributed by atoms with Crippen LogP contribution in [-0.4, -0.2) is 99.7 Å². The van der Waals surface area contributed by atoms with E-state index in [9.17, 15) is 31.1 Å². The Morgan fingerprint density at radius 3 is 1.88 bits per heavy atom. The van der Waals surface area contributed by atoms with Crippen LogP contribution in [0.4, 0.5) is 26.3 Å². The highest BCUT2D eigenvalue weighted by Gasteiger charge is 2.47. The van der Waals surface area contributed by atoms with E-state index in [0.717, 1.165) is 51.4 Å². The van der Waals surface area contributed by atoms with E-state index in [1.807, 2.05) is 17.2 Å². The third kappa shape index (κ3) is 8.42. The first-order chi connectivity index (χ1) is 19.1. The first-order valence-electron chi connectivity index (χ1n) is 12.3. The molecule has 0 saturated carbocycles. The number of hydrogen-bond donors (Lipinski definition) is 2. The molecule has 1 spiro atoms. The summed E-state index contributed by atoms with van der Waals surface area (Å²) < 4.78 is 70.9. The lowest BCUT2D eigenvalue weighted by atomic mass is 9.83. The number of methoxy groups -OCH3 is 1. The van der Waals surface area contributed by atoms with Gasteiger partial charge in [-0.2, -0.15) is 26.3 Å². The number of imidazole rings is 1. The molecule has 4 rings (SSSR count). The number of nitrogens with zero attached hydrogens (tertiary/aromatic N) is 4. The molecule has 0 aliphatic carbocycles. The Bertz CT molecular complexity index is 1150. The fourth-order valence-corrected chi connectivity index (χ4v) is 4.73. The van der Waals surface area contributed by atoms with E-state index >= 15 is 0 Å². The Hall–Kier alpha value is -3.66. The van der Waals surface area contributed by atoms with Crippen molar-refractivity contribution in [1.82, 2.24) is 19.4 Å². The summed E-state index contributed by atoms with van der Waals surface area (Å²) in [6, 6.07) is 10.5. The number of carboxylic acid groups (broad SMARTS) is 2. The molecule has 2 N–H and O–H groups in total. The number of ether oxygens (including phenoxy) is 1. The average Bonchev–Trinajstić information content (AvgIpc) is 3.35. The summed E-state index contributed by atoms with van der Waals surface area (Å²) in [5.74, 6) is -4.27. The van der Waals surface area contributed by atoms with Crippen molar-refractivity contribution in [2.45, 2.75) is 44.2 Å². The first-order valence-corrected chi connectivity index (χ1v) is 12.3. The number of carboxylic acids is 2. The average molecular weight is 597 g/mol. The van der Waals surface area contributed by atoms with Gasteiger partial charge in [0.15, 0.2) is 0 Å². The lowest BCUT2D eigenvalue weighted by molar-refractivity contribution is -0.193. The van der Waals surface area contributed by atoms with E-state index in [-0.39, 0.29) is 18.1 Å². The number of aromatic nitrogens is 2. The summed E-state index contributed by atoms with van der Waals surface area (Å²) in [4.78, 5) is 39.4. The number of rotatable bonds is 4. The molecule has 1 fully saturated rings. The number of aliphatic carboxylic acids is 2. The normalized spacial score (nSPS) is 16.5. The van der Waals surface area contributed by atoms with Crippen molar-refractivity contribution in [2.75, 3.05) is 39.9 Å². The minimum Gasteiger partial charge on any atom is -0.475 e. The van der Waals surface area contributed by atoms with Gasteiger partial charge in [-0.1, -0.05) is 37.3 Å². The van der Waals surface area contributed by atoms with E-state index in [1.165, 1.54) is 11.3 Å². The second-order valence-electron chi connectivity index (χ2n) is 9.02. The van der Waals surface area contributed by atoms with Crippen molar-refractivity contribution in [3.63, 3.8) is 0 Å². The number of likely N-dealkylation sites (tertiary alicyclic amines) is 1. The number of halogens is 6. The SMILES string of the molecule is CCN1CCn2c(-c3ccccc3)cnc2C12CCN(C(=O)COC)CC2.O=C(O)C(F)(F)F.O=C(O)C(F)(F)F. The predicted molar refractivity (Wildman–Crippen MR) is 132 cm³/mol. The molecule has 1 amide bonds. The Balaban J connectivity index is 0.000000349. The zero-order chi connectivity index (χ0) is 31.0. The Morgan fingerprint density at radius 2 is 1.44 bits per heavy atom. The molecule has 1 aromatic carbocycles. The summed E-state index contributed by atoms with van der Waals surface area (Å²) in [5, 5.41) is 14.2. The Labute approximate surface area is 231 Å². The van der Waals surface area contributed by atoms with E-state index in [0.29, 0.717) is 0 Å². The molecule has 10 nitrogen and oxygen atoms in total. The van der Waals surface area contributed by atoms with Crippen LogP contribution >= 0.6 is 0 Å². The highest BCUT2D eigenvalue weighted by atomic mass is 19.4. The largest absolute Gasteiger partial charge is 0.490 e. The molecule has 0 bridgehead atoms. The monoisotopic (exact) mass is 596 g/mol. The van der Waals surface area contributed by atoms with Crippen LogP contribution in [0, 0.1) is 0 Å². The Kier molecular flexibility index (Phi) is 11.3. The van der Waals surface area contributed by atoms with Crippen LogP contribution in [0.5, 0.6) is 0 Å². The first kappa shape index (κ1) is 33.5. The van der Waals surface area contributed by atoms with Gasteiger partial charge in [-0.05, 0) is 24.9 Å². The van der Waals surface area contributed by atoms with Gasteiger partial charge in [0.2, 0.25) is 5.91 Å². The van der Waals surface area contributed by atoms with Gasteiger partial charge in [0.05, 0.1) is 17.4 Å². The van der Waals surface area contributed by atoms with Crippen molar-refractivity contribution in [2.24, 2.45) is 0 Å². The standard InChI is InChI=1S/C21H28N4O2.2C2HF3O2/c1-3-24-13-14-25-18(17-7-5-4-6-8-17)15-22-20(25)21(24)9-11-23(12-10-21)19(26)16-27-2;2*3-2(4,5)1(6)7/h4-8,15H,3,9-14,16H2,1-2H3;2*(H,6,7). The van der Waals surface area contributed by atoms with Gasteiger partial charge in [-0.15, -0.1) is 0 Å². The number of hydrogen-bond acceptors (Lipinski definition) is 6. The number of likely N-dealkylation sites (N-methyl/N-ethyl adjacent to an activating group) is 1. The number of benzene rings is 1. The zero-order valence-corrected chi connectivity index (χ0v) is 22.2. The highest BCUT2D eigenvalue weighted by Crippen LogP contribution is 2.42. The van der Waals surface area contributed by atoms with Crippen molar-refractivity contribution < 1.29 is 55.7 Å². The number of carbonyl (C=O) groups is 3. The fraction of sp³-hybridized carbons (Fsp3) is 0.520. The molecule has 0 atom stereocenters. The van der Waals surface area contributed by atoms with Crippen LogP contribution < -0.4 is 0 Å². The predicted octanol–water partition coefficient (Wildman–Crippen LogP) is 3.62. The smallest absolute Gasteiger partial charge is 0.475 e. The van der Waals surface area contributed by atoms with Crippen LogP contribution in [0.25, 0.3) is 11.3 Å². The summed E-state index contributed by atoms with van der Waals surface area (Å²) in [6.07, 6.45) is -6.31. The fourth-order valence-electron chi connectivity index (χ4n) is 4.73. The van der Waals surface area contributed by atoms with E-state index in [2.05, 4.69) is 40.7 Å². The van der Waals surface area contributed by atoms with E-state index in [1.54, 1.807) is 7.11 Å². The number of carbonyl (C=O) groups excluding carboxylic acids is 1. The molecule has 0 radical (unpaired) electrons. The molecule has 3 heterocycles. The third-order valence-electron chi connectivity index (χ3n) is 6.62. The molecule has 2 aromatic rings. The number of piperidine rings is 1. The number of amides is 1. The maximum atomic E-state index is 12.2. The van der Waals surface area contributed by atoms with Crippen LogP contribution in [0.1, 0.15) is 25.6 Å². The van der Waals surface area contributed by atoms with Crippen LogP contribution in [0.2, 0.25) is 0 Å². The van der Waals surface area contributed by atoms with Gasteiger partial charge in [0, 0.05) is 33.3 Å². The summed E-state index contributed by atoms with van der Waals surface area (Å²) in [5.41, 5.74) is 2.33. The van der Waals surface area contributed by atoms with E-state index in [4.69, 9.17) is 29.5 Å². The van der Waals surface area contributed by atoms with Gasteiger partial charge >= 0.3 is 24.3 Å². The summed E-state index contributed by atoms with van der Waals surface area (Å²) >= 11 is 0. The van der Waals surface area contributed by atoms with Gasteiger partial charge < -0.3 is 24.4 Å². The minimum absolute atomic E-state index is 0.0795. The highest BCUT2D eigenvalue weighted by molar-refractivity contribution is 5.77. The second-order valence-corrected chi connectivity index (χ2v) is 9.02. The molecule has 16 heteroatoms. The Morgan fingerprint density at radius 1 is 0.927 bits per heavy atom. The maximum absolute atomic E-state index is 12.2. The molecule has 228 valence electrons. The zero-order valence-electron chi connectivity index (χ0n) is 22.2. The van der Waals surface area contributed by atoms with Crippen molar-refractivity contribution >= 4 is 17.8 Å². The third-order valence-corrected chi connectivity index (χ3v) is 6.62. The van der Waals surface area contributed by atoms with Gasteiger partial charge in [-0.3, -0.25) is 9.69 Å². The topological polar surface area (TPSA) is 125 Å². The molecule has 41 heavy (non-hydrogen) atoms.